The van der Waals surface area contributed by atoms with Crippen molar-refractivity contribution in [2.24, 2.45) is 0 Å². The predicted octanol–water partition coefficient (Wildman–Crippen LogP) is 2.72. The van der Waals surface area contributed by atoms with Crippen LogP contribution < -0.4 is 4.90 Å². The molecule has 2 aromatic heterocycles. The normalized spacial score (nSPS) is 18.3. The van der Waals surface area contributed by atoms with Gasteiger partial charge in [-0.25, -0.2) is 14.4 Å². The lowest BCUT2D eigenvalue weighted by atomic mass is 10.1. The number of anilines is 1. The molecule has 3 heterocycles. The molecule has 1 fully saturated rings. The fourth-order valence-corrected chi connectivity index (χ4v) is 3.05. The van der Waals surface area contributed by atoms with Crippen molar-refractivity contribution in [3.63, 3.8) is 0 Å². The van der Waals surface area contributed by atoms with Gasteiger partial charge in [0.1, 0.15) is 17.5 Å². The van der Waals surface area contributed by atoms with Crippen LogP contribution in [0.3, 0.4) is 0 Å². The Morgan fingerprint density at radius 3 is 2.91 bits per heavy atom. The summed E-state index contributed by atoms with van der Waals surface area (Å²) in [5.74, 6) is 1.43. The van der Waals surface area contributed by atoms with Gasteiger partial charge in [0.15, 0.2) is 0 Å². The molecule has 23 heavy (non-hydrogen) atoms. The number of aryl methyl sites for hydroxylation is 1. The van der Waals surface area contributed by atoms with Crippen molar-refractivity contribution in [1.29, 1.82) is 0 Å². The Bertz CT molecular complexity index is 688. The van der Waals surface area contributed by atoms with Crippen molar-refractivity contribution in [3.8, 4) is 0 Å². The number of hydrogen-bond acceptors (Lipinski definition) is 5. The second-order valence-corrected chi connectivity index (χ2v) is 6.15. The van der Waals surface area contributed by atoms with E-state index in [4.69, 9.17) is 0 Å². The summed E-state index contributed by atoms with van der Waals surface area (Å²) in [6.45, 7) is 3.35. The third-order valence-electron chi connectivity index (χ3n) is 4.20. The van der Waals surface area contributed by atoms with Gasteiger partial charge in [-0.3, -0.25) is 9.88 Å². The van der Waals surface area contributed by atoms with Crippen LogP contribution in [0.4, 0.5) is 10.2 Å². The van der Waals surface area contributed by atoms with Gasteiger partial charge in [0.25, 0.3) is 0 Å². The van der Waals surface area contributed by atoms with Gasteiger partial charge in [-0.1, -0.05) is 0 Å². The first-order valence-electron chi connectivity index (χ1n) is 7.91. The Balaban J connectivity index is 1.86. The number of aromatic nitrogens is 3. The predicted molar refractivity (Wildman–Crippen MR) is 87.7 cm³/mol. The minimum atomic E-state index is -0.244. The molecule has 1 aliphatic rings. The standard InChI is InChI=1S/C17H22FN5/c1-12-20-14(10-17(21-12)22(2)3)16-7-5-9-23(16)11-15-13(18)6-4-8-19-15/h4,6,8,10,16H,5,7,9,11H2,1-3H3/t16-/m0/s1. The van der Waals surface area contributed by atoms with Gasteiger partial charge in [-0.15, -0.1) is 0 Å². The lowest BCUT2D eigenvalue weighted by molar-refractivity contribution is 0.237. The topological polar surface area (TPSA) is 45.2 Å². The van der Waals surface area contributed by atoms with E-state index in [0.29, 0.717) is 12.2 Å². The highest BCUT2D eigenvalue weighted by atomic mass is 19.1. The smallest absolute Gasteiger partial charge is 0.146 e. The minimum Gasteiger partial charge on any atom is -0.363 e. The zero-order chi connectivity index (χ0) is 16.4. The van der Waals surface area contributed by atoms with Gasteiger partial charge in [0.05, 0.1) is 17.4 Å². The molecule has 1 atom stereocenters. The average molecular weight is 315 g/mol. The van der Waals surface area contributed by atoms with Crippen LogP contribution in [0.15, 0.2) is 24.4 Å². The molecule has 0 aliphatic carbocycles. The molecule has 3 rings (SSSR count). The molecule has 1 saturated heterocycles. The van der Waals surface area contributed by atoms with Crippen molar-refractivity contribution in [2.75, 3.05) is 25.5 Å². The quantitative estimate of drug-likeness (QED) is 0.868. The second-order valence-electron chi connectivity index (χ2n) is 6.15. The van der Waals surface area contributed by atoms with E-state index < -0.39 is 0 Å². The molecule has 0 radical (unpaired) electrons. The summed E-state index contributed by atoms with van der Waals surface area (Å²) < 4.78 is 13.9. The maximum Gasteiger partial charge on any atom is 0.146 e. The SMILES string of the molecule is Cc1nc([C@@H]2CCCN2Cc2ncccc2F)cc(N(C)C)n1. The minimum absolute atomic E-state index is 0.191. The Morgan fingerprint density at radius 2 is 2.17 bits per heavy atom. The Morgan fingerprint density at radius 1 is 1.35 bits per heavy atom. The van der Waals surface area contributed by atoms with Crippen LogP contribution in [0.2, 0.25) is 0 Å². The maximum atomic E-state index is 13.9. The molecule has 6 heteroatoms. The van der Waals surface area contributed by atoms with Gasteiger partial charge in [0, 0.05) is 32.9 Å². The van der Waals surface area contributed by atoms with Gasteiger partial charge >= 0.3 is 0 Å². The highest BCUT2D eigenvalue weighted by Gasteiger charge is 2.28. The molecule has 0 N–H and O–H groups in total. The van der Waals surface area contributed by atoms with Crippen molar-refractivity contribution >= 4 is 5.82 Å². The van der Waals surface area contributed by atoms with E-state index in [1.165, 1.54) is 6.07 Å². The third-order valence-corrected chi connectivity index (χ3v) is 4.20. The van der Waals surface area contributed by atoms with Crippen LogP contribution in [0, 0.1) is 12.7 Å². The van der Waals surface area contributed by atoms with Crippen LogP contribution >= 0.6 is 0 Å². The van der Waals surface area contributed by atoms with Crippen LogP contribution in [0.1, 0.15) is 36.1 Å². The zero-order valence-electron chi connectivity index (χ0n) is 13.8. The number of likely N-dealkylation sites (tertiary alicyclic amines) is 1. The van der Waals surface area contributed by atoms with Crippen LogP contribution in [0.5, 0.6) is 0 Å². The van der Waals surface area contributed by atoms with Gasteiger partial charge < -0.3 is 4.90 Å². The summed E-state index contributed by atoms with van der Waals surface area (Å²) in [7, 11) is 3.95. The maximum absolute atomic E-state index is 13.9. The molecule has 0 unspecified atom stereocenters. The second kappa shape index (κ2) is 6.58. The summed E-state index contributed by atoms with van der Waals surface area (Å²) in [4.78, 5) is 17.5. The fourth-order valence-electron chi connectivity index (χ4n) is 3.05. The lowest BCUT2D eigenvalue weighted by Gasteiger charge is -2.25. The molecular formula is C17H22FN5. The Kier molecular flexibility index (Phi) is 4.52. The monoisotopic (exact) mass is 315 g/mol. The van der Waals surface area contributed by atoms with Gasteiger partial charge in [-0.05, 0) is 38.4 Å². The van der Waals surface area contributed by atoms with Crippen molar-refractivity contribution in [1.82, 2.24) is 19.9 Å². The average Bonchev–Trinajstić information content (AvgIpc) is 2.97. The van der Waals surface area contributed by atoms with E-state index in [2.05, 4.69) is 19.9 Å². The molecule has 0 amide bonds. The third kappa shape index (κ3) is 3.47. The van der Waals surface area contributed by atoms with E-state index in [-0.39, 0.29) is 11.9 Å². The number of nitrogens with zero attached hydrogens (tertiary/aromatic N) is 5. The van der Waals surface area contributed by atoms with Crippen molar-refractivity contribution < 1.29 is 4.39 Å². The largest absolute Gasteiger partial charge is 0.363 e. The molecule has 122 valence electrons. The summed E-state index contributed by atoms with van der Waals surface area (Å²) in [5, 5.41) is 0. The first-order valence-corrected chi connectivity index (χ1v) is 7.91. The highest BCUT2D eigenvalue weighted by molar-refractivity contribution is 5.38. The fraction of sp³-hybridized carbons (Fsp3) is 0.471. The van der Waals surface area contributed by atoms with Gasteiger partial charge in [0.2, 0.25) is 0 Å². The molecular weight excluding hydrogens is 293 g/mol. The van der Waals surface area contributed by atoms with Crippen molar-refractivity contribution in [3.05, 3.63) is 47.4 Å². The molecule has 0 spiro atoms. The van der Waals surface area contributed by atoms with Gasteiger partial charge in [-0.2, -0.15) is 0 Å². The number of rotatable bonds is 4. The highest BCUT2D eigenvalue weighted by Crippen LogP contribution is 2.33. The van der Waals surface area contributed by atoms with E-state index in [9.17, 15) is 4.39 Å². The number of halogens is 1. The first kappa shape index (κ1) is 15.8. The number of pyridine rings is 1. The summed E-state index contributed by atoms with van der Waals surface area (Å²) in [6.07, 6.45) is 3.75. The summed E-state index contributed by atoms with van der Waals surface area (Å²) in [5.41, 5.74) is 1.51. The van der Waals surface area contributed by atoms with E-state index in [1.54, 1.807) is 12.3 Å². The molecule has 0 saturated carbocycles. The van der Waals surface area contributed by atoms with E-state index in [0.717, 1.165) is 36.7 Å². The molecule has 0 bridgehead atoms. The molecule has 2 aromatic rings. The van der Waals surface area contributed by atoms with E-state index in [1.807, 2.05) is 32.0 Å². The first-order chi connectivity index (χ1) is 11.0. The number of hydrogen-bond donors (Lipinski definition) is 0. The lowest BCUT2D eigenvalue weighted by Crippen LogP contribution is -2.25. The summed E-state index contributed by atoms with van der Waals surface area (Å²) in [6, 6.07) is 5.31. The molecule has 1 aliphatic heterocycles. The van der Waals surface area contributed by atoms with Crippen molar-refractivity contribution in [2.45, 2.75) is 32.4 Å². The molecule has 0 aromatic carbocycles. The Labute approximate surface area is 136 Å². The van der Waals surface area contributed by atoms with Crippen LogP contribution in [0.25, 0.3) is 0 Å². The van der Waals surface area contributed by atoms with Crippen LogP contribution in [-0.2, 0) is 6.54 Å². The van der Waals surface area contributed by atoms with Crippen LogP contribution in [-0.4, -0.2) is 40.5 Å². The van der Waals surface area contributed by atoms with E-state index >= 15 is 0 Å². The Hall–Kier alpha value is -2.08. The zero-order valence-corrected chi connectivity index (χ0v) is 13.8. The summed E-state index contributed by atoms with van der Waals surface area (Å²) >= 11 is 0. The molecule has 5 nitrogen and oxygen atoms in total.